The molecule has 1 heterocycles. The third-order valence-electron chi connectivity index (χ3n) is 4.25. The van der Waals surface area contributed by atoms with Crippen molar-refractivity contribution in [3.63, 3.8) is 0 Å². The predicted molar refractivity (Wildman–Crippen MR) is 72.9 cm³/mol. The van der Waals surface area contributed by atoms with Crippen LogP contribution in [0.4, 0.5) is 0 Å². The van der Waals surface area contributed by atoms with Gasteiger partial charge in [-0.3, -0.25) is 4.98 Å². The quantitative estimate of drug-likeness (QED) is 0.720. The van der Waals surface area contributed by atoms with Crippen molar-refractivity contribution in [2.45, 2.75) is 58.3 Å². The summed E-state index contributed by atoms with van der Waals surface area (Å²) >= 11 is 0. The molecule has 2 rings (SSSR count). The van der Waals surface area contributed by atoms with Gasteiger partial charge in [0, 0.05) is 12.4 Å². The highest BCUT2D eigenvalue weighted by molar-refractivity contribution is 5.09. The third kappa shape index (κ3) is 4.14. The van der Waals surface area contributed by atoms with Gasteiger partial charge in [-0.25, -0.2) is 0 Å². The first-order valence-electron chi connectivity index (χ1n) is 7.27. The van der Waals surface area contributed by atoms with Gasteiger partial charge in [0.1, 0.15) is 0 Å². The lowest BCUT2D eigenvalue weighted by Gasteiger charge is -2.28. The zero-order valence-corrected chi connectivity index (χ0v) is 11.1. The molecular weight excluding hydrogens is 206 g/mol. The number of nitrogens with zero attached hydrogens (tertiary/aromatic N) is 1. The van der Waals surface area contributed by atoms with Crippen LogP contribution in [0.2, 0.25) is 0 Å². The molecule has 94 valence electrons. The van der Waals surface area contributed by atoms with Gasteiger partial charge in [-0.15, -0.1) is 0 Å². The number of hydrogen-bond acceptors (Lipinski definition) is 1. The minimum Gasteiger partial charge on any atom is -0.265 e. The van der Waals surface area contributed by atoms with Gasteiger partial charge >= 0.3 is 0 Å². The van der Waals surface area contributed by atoms with E-state index in [-0.39, 0.29) is 0 Å². The van der Waals surface area contributed by atoms with Crippen LogP contribution in [-0.4, -0.2) is 4.98 Å². The molecular formula is C16H25N. The van der Waals surface area contributed by atoms with Crippen LogP contribution in [0.15, 0.2) is 24.5 Å². The topological polar surface area (TPSA) is 12.9 Å². The maximum atomic E-state index is 4.07. The lowest BCUT2D eigenvalue weighted by atomic mass is 9.78. The van der Waals surface area contributed by atoms with Crippen molar-refractivity contribution in [2.24, 2.45) is 11.8 Å². The Morgan fingerprint density at radius 2 is 1.59 bits per heavy atom. The van der Waals surface area contributed by atoms with Crippen molar-refractivity contribution in [2.75, 3.05) is 0 Å². The fourth-order valence-corrected chi connectivity index (χ4v) is 3.14. The molecule has 1 nitrogen and oxygen atoms in total. The van der Waals surface area contributed by atoms with Gasteiger partial charge < -0.3 is 0 Å². The summed E-state index contributed by atoms with van der Waals surface area (Å²) in [5, 5.41) is 0. The Balaban J connectivity index is 1.68. The molecule has 1 saturated carbocycles. The molecule has 0 unspecified atom stereocenters. The molecule has 0 aliphatic heterocycles. The number of aromatic nitrogens is 1. The SMILES string of the molecule is CCCC1CCC(CCc2ccncc2)CC1. The average Bonchev–Trinajstić information content (AvgIpc) is 2.40. The summed E-state index contributed by atoms with van der Waals surface area (Å²) in [7, 11) is 0. The lowest BCUT2D eigenvalue weighted by molar-refractivity contribution is 0.252. The minimum absolute atomic E-state index is 0.983. The molecule has 1 heteroatoms. The molecule has 1 aromatic rings. The molecule has 1 fully saturated rings. The summed E-state index contributed by atoms with van der Waals surface area (Å²) in [6.07, 6.45) is 15.2. The highest BCUT2D eigenvalue weighted by Crippen LogP contribution is 2.33. The first-order valence-corrected chi connectivity index (χ1v) is 7.27. The smallest absolute Gasteiger partial charge is 0.0270 e. The fourth-order valence-electron chi connectivity index (χ4n) is 3.14. The largest absolute Gasteiger partial charge is 0.265 e. The van der Waals surface area contributed by atoms with Crippen molar-refractivity contribution in [3.8, 4) is 0 Å². The summed E-state index contributed by atoms with van der Waals surface area (Å²) in [6.45, 7) is 2.32. The molecule has 1 aliphatic carbocycles. The normalized spacial score (nSPS) is 24.8. The fraction of sp³-hybridized carbons (Fsp3) is 0.688. The van der Waals surface area contributed by atoms with Crippen LogP contribution in [0.25, 0.3) is 0 Å². The highest BCUT2D eigenvalue weighted by Gasteiger charge is 2.20. The van der Waals surface area contributed by atoms with E-state index < -0.39 is 0 Å². The van der Waals surface area contributed by atoms with Crippen LogP contribution in [0, 0.1) is 11.8 Å². The summed E-state index contributed by atoms with van der Waals surface area (Å²) in [6, 6.07) is 4.31. The van der Waals surface area contributed by atoms with E-state index in [2.05, 4.69) is 24.0 Å². The van der Waals surface area contributed by atoms with Crippen LogP contribution in [-0.2, 0) is 6.42 Å². The van der Waals surface area contributed by atoms with Crippen LogP contribution in [0.5, 0.6) is 0 Å². The second kappa shape index (κ2) is 6.78. The minimum atomic E-state index is 0.983. The van der Waals surface area contributed by atoms with Gasteiger partial charge in [0.05, 0.1) is 0 Å². The van der Waals surface area contributed by atoms with Crippen LogP contribution < -0.4 is 0 Å². The Morgan fingerprint density at radius 3 is 2.18 bits per heavy atom. The first kappa shape index (κ1) is 12.6. The van der Waals surface area contributed by atoms with Crippen molar-refractivity contribution >= 4 is 0 Å². The van der Waals surface area contributed by atoms with Gasteiger partial charge in [-0.2, -0.15) is 0 Å². The first-order chi connectivity index (χ1) is 8.38. The van der Waals surface area contributed by atoms with Crippen LogP contribution in [0.1, 0.15) is 57.4 Å². The maximum Gasteiger partial charge on any atom is 0.0270 e. The summed E-state index contributed by atoms with van der Waals surface area (Å²) < 4.78 is 0. The van der Waals surface area contributed by atoms with E-state index in [4.69, 9.17) is 0 Å². The Labute approximate surface area is 106 Å². The van der Waals surface area contributed by atoms with E-state index in [0.717, 1.165) is 11.8 Å². The second-order valence-electron chi connectivity index (χ2n) is 5.57. The Morgan fingerprint density at radius 1 is 1.00 bits per heavy atom. The number of rotatable bonds is 5. The third-order valence-corrected chi connectivity index (χ3v) is 4.25. The van der Waals surface area contributed by atoms with E-state index >= 15 is 0 Å². The summed E-state index contributed by atoms with van der Waals surface area (Å²) in [4.78, 5) is 4.07. The van der Waals surface area contributed by atoms with E-state index in [0.29, 0.717) is 0 Å². The van der Waals surface area contributed by atoms with E-state index in [1.165, 1.54) is 56.9 Å². The monoisotopic (exact) mass is 231 g/mol. The van der Waals surface area contributed by atoms with Crippen molar-refractivity contribution in [1.82, 2.24) is 4.98 Å². The predicted octanol–water partition coefficient (Wildman–Crippen LogP) is 4.62. The molecule has 0 aromatic carbocycles. The second-order valence-corrected chi connectivity index (χ2v) is 5.57. The van der Waals surface area contributed by atoms with E-state index in [1.54, 1.807) is 0 Å². The van der Waals surface area contributed by atoms with E-state index in [9.17, 15) is 0 Å². The molecule has 1 aromatic heterocycles. The van der Waals surface area contributed by atoms with Crippen LogP contribution in [0.3, 0.4) is 0 Å². The van der Waals surface area contributed by atoms with Gasteiger partial charge in [-0.05, 0) is 42.4 Å². The molecule has 0 saturated heterocycles. The maximum absolute atomic E-state index is 4.07. The highest BCUT2D eigenvalue weighted by atomic mass is 14.6. The van der Waals surface area contributed by atoms with Gasteiger partial charge in [0.15, 0.2) is 0 Å². The molecule has 0 atom stereocenters. The number of pyridine rings is 1. The van der Waals surface area contributed by atoms with Crippen LogP contribution >= 0.6 is 0 Å². The van der Waals surface area contributed by atoms with Crippen molar-refractivity contribution < 1.29 is 0 Å². The zero-order chi connectivity index (χ0) is 11.9. The van der Waals surface area contributed by atoms with Crippen molar-refractivity contribution in [1.29, 1.82) is 0 Å². The summed E-state index contributed by atoms with van der Waals surface area (Å²) in [5.41, 5.74) is 1.45. The molecule has 1 aliphatic rings. The lowest BCUT2D eigenvalue weighted by Crippen LogP contribution is -2.15. The molecule has 0 N–H and O–H groups in total. The molecule has 17 heavy (non-hydrogen) atoms. The molecule has 0 spiro atoms. The molecule has 0 bridgehead atoms. The molecule has 0 radical (unpaired) electrons. The zero-order valence-electron chi connectivity index (χ0n) is 11.1. The van der Waals surface area contributed by atoms with Gasteiger partial charge in [-0.1, -0.05) is 45.4 Å². The average molecular weight is 231 g/mol. The van der Waals surface area contributed by atoms with Gasteiger partial charge in [0.2, 0.25) is 0 Å². The number of aryl methyl sites for hydroxylation is 1. The number of hydrogen-bond donors (Lipinski definition) is 0. The van der Waals surface area contributed by atoms with E-state index in [1.807, 2.05) is 12.4 Å². The molecule has 0 amide bonds. The summed E-state index contributed by atoms with van der Waals surface area (Å²) in [5.74, 6) is 2.02. The van der Waals surface area contributed by atoms with Gasteiger partial charge in [0.25, 0.3) is 0 Å². The Hall–Kier alpha value is -0.850. The standard InChI is InChI=1S/C16H25N/c1-2-3-14-4-6-15(7-5-14)8-9-16-10-12-17-13-11-16/h10-15H,2-9H2,1H3. The Bertz CT molecular complexity index is 299. The van der Waals surface area contributed by atoms with Crippen molar-refractivity contribution in [3.05, 3.63) is 30.1 Å². The Kier molecular flexibility index (Phi) is 5.03.